The molecule has 1 saturated heterocycles. The van der Waals surface area contributed by atoms with Crippen molar-refractivity contribution in [2.75, 3.05) is 33.0 Å². The zero-order valence-corrected chi connectivity index (χ0v) is 19.5. The van der Waals surface area contributed by atoms with Crippen molar-refractivity contribution in [2.24, 2.45) is 0 Å². The van der Waals surface area contributed by atoms with Gasteiger partial charge in [-0.15, -0.1) is 0 Å². The van der Waals surface area contributed by atoms with Crippen LogP contribution in [0.1, 0.15) is 24.8 Å². The number of benzene rings is 2. The summed E-state index contributed by atoms with van der Waals surface area (Å²) in [5.41, 5.74) is 3.14. The van der Waals surface area contributed by atoms with Gasteiger partial charge in [-0.2, -0.15) is 0 Å². The fourth-order valence-electron chi connectivity index (χ4n) is 4.64. The van der Waals surface area contributed by atoms with E-state index in [1.807, 2.05) is 42.3 Å². The highest BCUT2D eigenvalue weighted by Crippen LogP contribution is 2.32. The molecule has 32 heavy (non-hydrogen) atoms. The highest BCUT2D eigenvalue weighted by molar-refractivity contribution is 7.88. The van der Waals surface area contributed by atoms with Gasteiger partial charge in [0, 0.05) is 31.7 Å². The molecule has 2 aromatic carbocycles. The molecule has 7 nitrogen and oxygen atoms in total. The zero-order valence-electron chi connectivity index (χ0n) is 18.7. The number of fused-ring (bicyclic) bond motifs is 5. The summed E-state index contributed by atoms with van der Waals surface area (Å²) in [5, 5.41) is 0. The summed E-state index contributed by atoms with van der Waals surface area (Å²) >= 11 is 0. The Hall–Kier alpha value is -2.58. The Labute approximate surface area is 190 Å². The predicted octanol–water partition coefficient (Wildman–Crippen LogP) is 3.11. The Morgan fingerprint density at radius 3 is 2.69 bits per heavy atom. The van der Waals surface area contributed by atoms with Crippen LogP contribution in [0.15, 0.2) is 48.5 Å². The molecular formula is C24H31N3O4S. The molecule has 2 atom stereocenters. The number of amides is 2. The highest BCUT2D eigenvalue weighted by Gasteiger charge is 2.39. The molecule has 2 amide bonds. The summed E-state index contributed by atoms with van der Waals surface area (Å²) in [7, 11) is -1.57. The van der Waals surface area contributed by atoms with Crippen LogP contribution < -0.4 is 9.46 Å². The summed E-state index contributed by atoms with van der Waals surface area (Å²) < 4.78 is 32.8. The van der Waals surface area contributed by atoms with Gasteiger partial charge in [0.15, 0.2) is 0 Å². The summed E-state index contributed by atoms with van der Waals surface area (Å²) in [5.74, 6) is 0.850. The molecule has 8 heteroatoms. The molecule has 172 valence electrons. The second-order valence-electron chi connectivity index (χ2n) is 8.71. The Balaban J connectivity index is 1.71. The average Bonchev–Trinajstić information content (AvgIpc) is 3.13. The van der Waals surface area contributed by atoms with Gasteiger partial charge in [-0.1, -0.05) is 42.5 Å². The van der Waals surface area contributed by atoms with Crippen LogP contribution in [0.25, 0.3) is 11.1 Å². The van der Waals surface area contributed by atoms with Gasteiger partial charge in [-0.3, -0.25) is 0 Å². The summed E-state index contributed by atoms with van der Waals surface area (Å²) in [6, 6.07) is 15.6. The summed E-state index contributed by atoms with van der Waals surface area (Å²) in [4.78, 5) is 16.8. The number of carbonyl (C=O) groups excluding carboxylic acids is 1. The predicted molar refractivity (Wildman–Crippen MR) is 125 cm³/mol. The van der Waals surface area contributed by atoms with E-state index < -0.39 is 10.0 Å². The number of hydrogen-bond donors (Lipinski definition) is 1. The fourth-order valence-corrected chi connectivity index (χ4v) is 5.47. The molecular weight excluding hydrogens is 426 g/mol. The normalized spacial score (nSPS) is 22.4. The first-order chi connectivity index (χ1) is 15.3. The molecule has 0 radical (unpaired) electrons. The molecule has 2 unspecified atom stereocenters. The largest absolute Gasteiger partial charge is 0.493 e. The third kappa shape index (κ3) is 5.24. The average molecular weight is 458 g/mol. The molecule has 2 aliphatic heterocycles. The van der Waals surface area contributed by atoms with Crippen molar-refractivity contribution in [1.29, 1.82) is 0 Å². The first-order valence-corrected chi connectivity index (χ1v) is 13.0. The molecule has 4 rings (SSSR count). The third-order valence-corrected chi connectivity index (χ3v) is 6.93. The molecule has 2 aromatic rings. The van der Waals surface area contributed by atoms with Gasteiger partial charge in [0.25, 0.3) is 0 Å². The Bertz CT molecular complexity index is 1070. The number of hydrogen-bond acceptors (Lipinski definition) is 4. The first-order valence-electron chi connectivity index (χ1n) is 11.1. The Morgan fingerprint density at radius 2 is 1.88 bits per heavy atom. The number of ether oxygens (including phenoxy) is 1. The lowest BCUT2D eigenvalue weighted by Gasteiger charge is -2.32. The van der Waals surface area contributed by atoms with E-state index in [1.54, 1.807) is 4.90 Å². The molecule has 2 bridgehead atoms. The fraction of sp³-hybridized carbons (Fsp3) is 0.458. The minimum Gasteiger partial charge on any atom is -0.493 e. The van der Waals surface area contributed by atoms with Crippen molar-refractivity contribution in [2.45, 2.75) is 37.8 Å². The first kappa shape index (κ1) is 22.6. The second kappa shape index (κ2) is 9.50. The number of para-hydroxylation sites is 1. The lowest BCUT2D eigenvalue weighted by atomic mass is 9.96. The van der Waals surface area contributed by atoms with Crippen LogP contribution in [0.3, 0.4) is 0 Å². The van der Waals surface area contributed by atoms with Crippen molar-refractivity contribution in [1.82, 2.24) is 14.5 Å². The van der Waals surface area contributed by atoms with E-state index in [0.29, 0.717) is 32.5 Å². The molecule has 0 saturated carbocycles. The van der Waals surface area contributed by atoms with Crippen molar-refractivity contribution >= 4 is 16.1 Å². The molecule has 2 heterocycles. The van der Waals surface area contributed by atoms with Crippen LogP contribution in [-0.2, 0) is 16.4 Å². The second-order valence-corrected chi connectivity index (χ2v) is 10.5. The lowest BCUT2D eigenvalue weighted by molar-refractivity contribution is 0.153. The smallest absolute Gasteiger partial charge is 0.320 e. The lowest BCUT2D eigenvalue weighted by Crippen LogP contribution is -2.50. The van der Waals surface area contributed by atoms with E-state index >= 15 is 0 Å². The van der Waals surface area contributed by atoms with Crippen LogP contribution >= 0.6 is 0 Å². The van der Waals surface area contributed by atoms with Crippen LogP contribution in [0, 0.1) is 0 Å². The maximum atomic E-state index is 13.2. The molecule has 0 aromatic heterocycles. The molecule has 0 spiro atoms. The van der Waals surface area contributed by atoms with E-state index in [9.17, 15) is 13.2 Å². The van der Waals surface area contributed by atoms with Gasteiger partial charge in [0.05, 0.1) is 18.9 Å². The molecule has 1 fully saturated rings. The summed E-state index contributed by atoms with van der Waals surface area (Å²) in [6.45, 7) is 1.75. The highest BCUT2D eigenvalue weighted by atomic mass is 32.2. The number of rotatable bonds is 2. The maximum Gasteiger partial charge on any atom is 0.320 e. The standard InChI is InChI=1S/C24H31N3O4S/c1-26-13-5-6-15-31-23-11-4-3-10-20(23)19-9-7-8-18(16-19)17-22-21(25-32(2,29)30)12-14-27(22)24(26)28/h3-4,7-11,16,21-22,25H,5-6,12-15,17H2,1-2H3. The number of nitrogens with one attached hydrogen (secondary N) is 1. The molecule has 1 N–H and O–H groups in total. The van der Waals surface area contributed by atoms with Crippen LogP contribution in [0.5, 0.6) is 5.75 Å². The van der Waals surface area contributed by atoms with E-state index in [1.165, 1.54) is 6.26 Å². The van der Waals surface area contributed by atoms with Gasteiger partial charge >= 0.3 is 6.03 Å². The minimum absolute atomic E-state index is 0.0527. The van der Waals surface area contributed by atoms with E-state index in [4.69, 9.17) is 4.74 Å². The van der Waals surface area contributed by atoms with Gasteiger partial charge in [0.1, 0.15) is 5.75 Å². The van der Waals surface area contributed by atoms with Crippen LogP contribution in [0.4, 0.5) is 4.79 Å². The quantitative estimate of drug-likeness (QED) is 0.752. The third-order valence-electron chi connectivity index (χ3n) is 6.20. The topological polar surface area (TPSA) is 79.0 Å². The monoisotopic (exact) mass is 457 g/mol. The Morgan fingerprint density at radius 1 is 1.06 bits per heavy atom. The minimum atomic E-state index is -3.38. The van der Waals surface area contributed by atoms with Gasteiger partial charge in [-0.05, 0) is 42.9 Å². The van der Waals surface area contributed by atoms with Crippen molar-refractivity contribution in [3.63, 3.8) is 0 Å². The van der Waals surface area contributed by atoms with Gasteiger partial charge in [0.2, 0.25) is 10.0 Å². The maximum absolute atomic E-state index is 13.2. The van der Waals surface area contributed by atoms with E-state index in [2.05, 4.69) is 22.9 Å². The summed E-state index contributed by atoms with van der Waals surface area (Å²) in [6.07, 6.45) is 4.03. The number of urea groups is 1. The van der Waals surface area contributed by atoms with Crippen molar-refractivity contribution in [3.8, 4) is 16.9 Å². The number of carbonyl (C=O) groups is 1. The van der Waals surface area contributed by atoms with Crippen LogP contribution in [-0.4, -0.2) is 69.3 Å². The van der Waals surface area contributed by atoms with Crippen LogP contribution in [0.2, 0.25) is 0 Å². The SMILES string of the molecule is CN1CCCCOc2ccccc2-c2cccc(c2)CC2C(NS(C)(=O)=O)CCN2C1=O. The Kier molecular flexibility index (Phi) is 6.71. The molecule has 2 aliphatic rings. The van der Waals surface area contributed by atoms with E-state index in [0.717, 1.165) is 35.3 Å². The number of sulfonamides is 1. The van der Waals surface area contributed by atoms with E-state index in [-0.39, 0.29) is 18.1 Å². The zero-order chi connectivity index (χ0) is 22.7. The van der Waals surface area contributed by atoms with Crippen molar-refractivity contribution < 1.29 is 17.9 Å². The van der Waals surface area contributed by atoms with Gasteiger partial charge < -0.3 is 14.5 Å². The van der Waals surface area contributed by atoms with Gasteiger partial charge in [-0.25, -0.2) is 17.9 Å². The van der Waals surface area contributed by atoms with Crippen molar-refractivity contribution in [3.05, 3.63) is 54.1 Å². The molecule has 0 aliphatic carbocycles. The number of nitrogens with zero attached hydrogens (tertiary/aromatic N) is 2.